The fraction of sp³-hybridized carbons (Fsp3) is 0.100. The van der Waals surface area contributed by atoms with Crippen LogP contribution in [0.5, 0.6) is 0 Å². The van der Waals surface area contributed by atoms with Gasteiger partial charge in [-0.2, -0.15) is 5.10 Å². The Bertz CT molecular complexity index is 487. The van der Waals surface area contributed by atoms with E-state index in [1.165, 1.54) is 6.07 Å². The molecule has 3 nitrogen and oxygen atoms in total. The maximum atomic E-state index is 13.1. The Kier molecular flexibility index (Phi) is 1.96. The molecule has 0 amide bonds. The largest absolute Gasteiger partial charge is 0.396 e. The average Bonchev–Trinajstić information content (AvgIpc) is 2.51. The highest BCUT2D eigenvalue weighted by atomic mass is 19.1. The normalized spacial score (nSPS) is 10.6. The minimum atomic E-state index is -0.407. The number of nitrogens with two attached hydrogens (primary N) is 1. The van der Waals surface area contributed by atoms with Crippen LogP contribution in [0.15, 0.2) is 31.0 Å². The van der Waals surface area contributed by atoms with E-state index in [0.29, 0.717) is 6.54 Å². The molecule has 0 aliphatic carbocycles. The number of allylic oxidation sites excluding steroid dienone is 1. The monoisotopic (exact) mass is 191 g/mol. The van der Waals surface area contributed by atoms with E-state index in [1.807, 2.05) is 0 Å². The number of benzene rings is 1. The van der Waals surface area contributed by atoms with E-state index in [1.54, 1.807) is 23.0 Å². The third kappa shape index (κ3) is 1.25. The van der Waals surface area contributed by atoms with E-state index in [2.05, 4.69) is 11.7 Å². The fourth-order valence-corrected chi connectivity index (χ4v) is 1.38. The summed E-state index contributed by atoms with van der Waals surface area (Å²) < 4.78 is 14.8. The molecule has 0 spiro atoms. The molecule has 0 radical (unpaired) electrons. The molecule has 14 heavy (non-hydrogen) atoms. The van der Waals surface area contributed by atoms with E-state index in [-0.39, 0.29) is 5.69 Å². The summed E-state index contributed by atoms with van der Waals surface area (Å²) in [6.07, 6.45) is 3.34. The van der Waals surface area contributed by atoms with E-state index >= 15 is 0 Å². The van der Waals surface area contributed by atoms with E-state index in [4.69, 9.17) is 5.73 Å². The molecule has 0 unspecified atom stereocenters. The Balaban J connectivity index is 2.67. The number of hydrogen-bond acceptors (Lipinski definition) is 2. The zero-order valence-corrected chi connectivity index (χ0v) is 7.57. The number of rotatable bonds is 2. The summed E-state index contributed by atoms with van der Waals surface area (Å²) in [6, 6.07) is 2.97. The number of hydrogen-bond donors (Lipinski definition) is 1. The first-order valence-corrected chi connectivity index (χ1v) is 4.24. The average molecular weight is 191 g/mol. The number of nitrogen functional groups attached to an aromatic ring is 1. The van der Waals surface area contributed by atoms with Gasteiger partial charge in [-0.05, 0) is 12.1 Å². The van der Waals surface area contributed by atoms with Crippen molar-refractivity contribution in [1.82, 2.24) is 9.78 Å². The molecule has 2 rings (SSSR count). The lowest BCUT2D eigenvalue weighted by molar-refractivity contribution is 0.634. The number of anilines is 1. The van der Waals surface area contributed by atoms with E-state index in [0.717, 1.165) is 10.9 Å². The molecule has 0 saturated heterocycles. The van der Waals surface area contributed by atoms with Gasteiger partial charge in [0.05, 0.1) is 23.9 Å². The molecule has 0 bridgehead atoms. The quantitative estimate of drug-likeness (QED) is 0.582. The first-order valence-electron chi connectivity index (χ1n) is 4.24. The smallest absolute Gasteiger partial charge is 0.146 e. The van der Waals surface area contributed by atoms with Crippen LogP contribution in [0.25, 0.3) is 10.9 Å². The molecule has 0 aliphatic heterocycles. The lowest BCUT2D eigenvalue weighted by Crippen LogP contribution is -1.97. The van der Waals surface area contributed by atoms with Gasteiger partial charge < -0.3 is 5.73 Å². The van der Waals surface area contributed by atoms with Crippen LogP contribution in [0, 0.1) is 5.82 Å². The summed E-state index contributed by atoms with van der Waals surface area (Å²) in [6.45, 7) is 4.21. The molecule has 1 aromatic carbocycles. The van der Waals surface area contributed by atoms with Crippen molar-refractivity contribution in [3.8, 4) is 0 Å². The maximum Gasteiger partial charge on any atom is 0.146 e. The summed E-state index contributed by atoms with van der Waals surface area (Å²) in [5, 5.41) is 4.84. The summed E-state index contributed by atoms with van der Waals surface area (Å²) in [7, 11) is 0. The van der Waals surface area contributed by atoms with Gasteiger partial charge in [-0.3, -0.25) is 4.68 Å². The molecular weight excluding hydrogens is 181 g/mol. The zero-order chi connectivity index (χ0) is 10.1. The van der Waals surface area contributed by atoms with Gasteiger partial charge in [-0.25, -0.2) is 4.39 Å². The summed E-state index contributed by atoms with van der Waals surface area (Å²) in [4.78, 5) is 0. The van der Waals surface area contributed by atoms with Crippen LogP contribution in [0.1, 0.15) is 0 Å². The van der Waals surface area contributed by atoms with Crippen LogP contribution in [0.4, 0.5) is 10.1 Å². The van der Waals surface area contributed by atoms with Gasteiger partial charge in [0, 0.05) is 5.39 Å². The number of fused-ring (bicyclic) bond motifs is 1. The Hall–Kier alpha value is -1.84. The van der Waals surface area contributed by atoms with Crippen molar-refractivity contribution in [2.75, 3.05) is 5.73 Å². The number of aromatic nitrogens is 2. The highest BCUT2D eigenvalue weighted by molar-refractivity contribution is 5.82. The van der Waals surface area contributed by atoms with Crippen LogP contribution >= 0.6 is 0 Å². The van der Waals surface area contributed by atoms with Gasteiger partial charge >= 0.3 is 0 Å². The lowest BCUT2D eigenvalue weighted by atomic mass is 10.2. The lowest BCUT2D eigenvalue weighted by Gasteiger charge is -2.00. The van der Waals surface area contributed by atoms with Crippen molar-refractivity contribution in [1.29, 1.82) is 0 Å². The third-order valence-corrected chi connectivity index (χ3v) is 2.06. The van der Waals surface area contributed by atoms with Crippen LogP contribution in [-0.4, -0.2) is 9.78 Å². The van der Waals surface area contributed by atoms with Crippen molar-refractivity contribution < 1.29 is 4.39 Å². The molecule has 2 aromatic rings. The predicted molar refractivity (Wildman–Crippen MR) is 54.3 cm³/mol. The Morgan fingerprint density at radius 1 is 1.57 bits per heavy atom. The predicted octanol–water partition coefficient (Wildman–Crippen LogP) is 1.94. The minimum Gasteiger partial charge on any atom is -0.396 e. The Labute approximate surface area is 80.6 Å². The zero-order valence-electron chi connectivity index (χ0n) is 7.57. The highest BCUT2D eigenvalue weighted by Crippen LogP contribution is 2.20. The highest BCUT2D eigenvalue weighted by Gasteiger charge is 2.05. The van der Waals surface area contributed by atoms with Crippen LogP contribution in [0.3, 0.4) is 0 Å². The first kappa shape index (κ1) is 8.74. The molecule has 1 aromatic heterocycles. The molecular formula is C10H10FN3. The van der Waals surface area contributed by atoms with Crippen LogP contribution < -0.4 is 5.73 Å². The third-order valence-electron chi connectivity index (χ3n) is 2.06. The topological polar surface area (TPSA) is 43.8 Å². The molecule has 1 heterocycles. The van der Waals surface area contributed by atoms with Crippen molar-refractivity contribution in [3.63, 3.8) is 0 Å². The molecule has 0 atom stereocenters. The summed E-state index contributed by atoms with van der Waals surface area (Å²) in [5.41, 5.74) is 6.43. The SMILES string of the molecule is C=CCn1ncc2cc(F)c(N)cc21. The first-order chi connectivity index (χ1) is 6.72. The molecule has 0 aliphatic rings. The fourth-order valence-electron chi connectivity index (χ4n) is 1.38. The second kappa shape index (κ2) is 3.14. The van der Waals surface area contributed by atoms with Crippen molar-refractivity contribution in [2.45, 2.75) is 6.54 Å². The van der Waals surface area contributed by atoms with Crippen molar-refractivity contribution in [2.24, 2.45) is 0 Å². The minimum absolute atomic E-state index is 0.142. The van der Waals surface area contributed by atoms with E-state index < -0.39 is 5.82 Å². The van der Waals surface area contributed by atoms with Crippen LogP contribution in [-0.2, 0) is 6.54 Å². The van der Waals surface area contributed by atoms with Crippen LogP contribution in [0.2, 0.25) is 0 Å². The molecule has 2 N–H and O–H groups in total. The molecule has 72 valence electrons. The number of nitrogens with zero attached hydrogens (tertiary/aromatic N) is 2. The second-order valence-electron chi connectivity index (χ2n) is 3.05. The van der Waals surface area contributed by atoms with Gasteiger partial charge in [0.2, 0.25) is 0 Å². The molecule has 0 saturated carbocycles. The maximum absolute atomic E-state index is 13.1. The molecule has 0 fully saturated rings. The van der Waals surface area contributed by atoms with Gasteiger partial charge in [-0.1, -0.05) is 6.08 Å². The molecule has 4 heteroatoms. The summed E-state index contributed by atoms with van der Waals surface area (Å²) >= 11 is 0. The van der Waals surface area contributed by atoms with Crippen molar-refractivity contribution in [3.05, 3.63) is 36.8 Å². The van der Waals surface area contributed by atoms with Crippen molar-refractivity contribution >= 4 is 16.6 Å². The van der Waals surface area contributed by atoms with Gasteiger partial charge in [0.25, 0.3) is 0 Å². The number of halogens is 1. The van der Waals surface area contributed by atoms with Gasteiger partial charge in [0.1, 0.15) is 5.82 Å². The standard InChI is InChI=1S/C10H10FN3/c1-2-3-14-10-5-9(12)8(11)4-7(10)6-13-14/h2,4-6H,1,3,12H2. The second-order valence-corrected chi connectivity index (χ2v) is 3.05. The van der Waals surface area contributed by atoms with Gasteiger partial charge in [-0.15, -0.1) is 6.58 Å². The Morgan fingerprint density at radius 3 is 3.07 bits per heavy atom. The summed E-state index contributed by atoms with van der Waals surface area (Å²) in [5.74, 6) is -0.407. The van der Waals surface area contributed by atoms with Gasteiger partial charge in [0.15, 0.2) is 0 Å². The Morgan fingerprint density at radius 2 is 2.36 bits per heavy atom. The van der Waals surface area contributed by atoms with E-state index in [9.17, 15) is 4.39 Å².